The number of nitrogens with two attached hydrogens (primary N) is 1. The average Bonchev–Trinajstić information content (AvgIpc) is 2.99. The minimum absolute atomic E-state index is 0.0295. The van der Waals surface area contributed by atoms with E-state index in [4.69, 9.17) is 22.1 Å². The molecule has 22 heavy (non-hydrogen) atoms. The van der Waals surface area contributed by atoms with Crippen molar-refractivity contribution in [2.45, 2.75) is 18.9 Å². The van der Waals surface area contributed by atoms with Gasteiger partial charge in [-0.05, 0) is 37.1 Å². The van der Waals surface area contributed by atoms with Crippen molar-refractivity contribution in [2.75, 3.05) is 23.8 Å². The van der Waals surface area contributed by atoms with Crippen molar-refractivity contribution < 1.29 is 9.84 Å². The first kappa shape index (κ1) is 14.9. The Morgan fingerprint density at radius 2 is 2.14 bits per heavy atom. The third-order valence-corrected chi connectivity index (χ3v) is 3.91. The summed E-state index contributed by atoms with van der Waals surface area (Å²) in [6.45, 7) is 0.878. The molecule has 3 rings (SSSR count). The van der Waals surface area contributed by atoms with Crippen LogP contribution in [0.3, 0.4) is 0 Å². The van der Waals surface area contributed by atoms with E-state index in [0.29, 0.717) is 22.3 Å². The van der Waals surface area contributed by atoms with E-state index in [9.17, 15) is 5.11 Å². The van der Waals surface area contributed by atoms with Gasteiger partial charge in [0.2, 0.25) is 5.95 Å². The second-order valence-electron chi connectivity index (χ2n) is 5.14. The molecule has 2 heterocycles. The van der Waals surface area contributed by atoms with E-state index in [0.717, 1.165) is 19.4 Å². The van der Waals surface area contributed by atoms with Gasteiger partial charge in [-0.3, -0.25) is 0 Å². The number of anilines is 2. The lowest BCUT2D eigenvalue weighted by Crippen LogP contribution is -2.33. The van der Waals surface area contributed by atoms with Gasteiger partial charge in [-0.2, -0.15) is 4.98 Å². The standard InChI is InChI=1S/C15H17ClN4O2/c16-10-3-5-12(6-4-10)22-13-8-18-15(17)19-14(13)20-7-1-2-11(20)9-21/h3-6,8,11,21H,1-2,7,9H2,(H2,17,18,19). The van der Waals surface area contributed by atoms with Crippen LogP contribution < -0.4 is 15.4 Å². The Balaban J connectivity index is 1.92. The summed E-state index contributed by atoms with van der Waals surface area (Å²) in [7, 11) is 0. The molecule has 0 radical (unpaired) electrons. The number of aliphatic hydroxyl groups is 1. The smallest absolute Gasteiger partial charge is 0.222 e. The Hall–Kier alpha value is -2.05. The number of rotatable bonds is 4. The van der Waals surface area contributed by atoms with Gasteiger partial charge in [-0.15, -0.1) is 0 Å². The molecule has 0 bridgehead atoms. The number of nitrogen functional groups attached to an aromatic ring is 1. The van der Waals surface area contributed by atoms with Crippen molar-refractivity contribution in [3.05, 3.63) is 35.5 Å². The number of halogens is 1. The molecule has 3 N–H and O–H groups in total. The Labute approximate surface area is 133 Å². The van der Waals surface area contributed by atoms with E-state index >= 15 is 0 Å². The van der Waals surface area contributed by atoms with E-state index in [1.54, 1.807) is 30.5 Å². The molecule has 1 aromatic carbocycles. The largest absolute Gasteiger partial charge is 0.452 e. The molecule has 0 saturated carbocycles. The number of ether oxygens (including phenoxy) is 1. The van der Waals surface area contributed by atoms with Crippen LogP contribution in [-0.4, -0.2) is 34.3 Å². The molecule has 0 aliphatic carbocycles. The molecule has 0 amide bonds. The van der Waals surface area contributed by atoms with Gasteiger partial charge in [0.15, 0.2) is 11.6 Å². The van der Waals surface area contributed by atoms with Crippen molar-refractivity contribution in [1.29, 1.82) is 0 Å². The van der Waals surface area contributed by atoms with Crippen molar-refractivity contribution in [3.63, 3.8) is 0 Å². The van der Waals surface area contributed by atoms with Gasteiger partial charge in [0.05, 0.1) is 18.8 Å². The van der Waals surface area contributed by atoms with Gasteiger partial charge in [0, 0.05) is 11.6 Å². The lowest BCUT2D eigenvalue weighted by molar-refractivity contribution is 0.265. The topological polar surface area (TPSA) is 84.5 Å². The fourth-order valence-corrected chi connectivity index (χ4v) is 2.71. The summed E-state index contributed by atoms with van der Waals surface area (Å²) >= 11 is 5.88. The Kier molecular flexibility index (Phi) is 4.31. The van der Waals surface area contributed by atoms with Crippen molar-refractivity contribution in [1.82, 2.24) is 9.97 Å². The summed E-state index contributed by atoms with van der Waals surface area (Å²) in [6, 6.07) is 7.08. The third-order valence-electron chi connectivity index (χ3n) is 3.66. The first-order chi connectivity index (χ1) is 10.7. The molecule has 1 saturated heterocycles. The van der Waals surface area contributed by atoms with Gasteiger partial charge in [0.25, 0.3) is 0 Å². The van der Waals surface area contributed by atoms with Crippen LogP contribution in [0.1, 0.15) is 12.8 Å². The van der Waals surface area contributed by atoms with Crippen LogP contribution in [0.25, 0.3) is 0 Å². The van der Waals surface area contributed by atoms with E-state index in [1.807, 2.05) is 4.90 Å². The highest BCUT2D eigenvalue weighted by Gasteiger charge is 2.28. The van der Waals surface area contributed by atoms with Crippen LogP contribution in [0.2, 0.25) is 5.02 Å². The van der Waals surface area contributed by atoms with Crippen LogP contribution in [-0.2, 0) is 0 Å². The number of hydrogen-bond donors (Lipinski definition) is 2. The summed E-state index contributed by atoms with van der Waals surface area (Å²) < 4.78 is 5.86. The molecule has 0 spiro atoms. The summed E-state index contributed by atoms with van der Waals surface area (Å²) in [5.41, 5.74) is 5.71. The molecular formula is C15H17ClN4O2. The van der Waals surface area contributed by atoms with Gasteiger partial charge >= 0.3 is 0 Å². The number of aromatic nitrogens is 2. The zero-order valence-electron chi connectivity index (χ0n) is 11.9. The first-order valence-corrected chi connectivity index (χ1v) is 7.48. The van der Waals surface area contributed by atoms with Crippen LogP contribution in [0.4, 0.5) is 11.8 Å². The maximum absolute atomic E-state index is 9.51. The Morgan fingerprint density at radius 3 is 2.86 bits per heavy atom. The highest BCUT2D eigenvalue weighted by Crippen LogP contribution is 2.34. The average molecular weight is 321 g/mol. The predicted molar refractivity (Wildman–Crippen MR) is 85.4 cm³/mol. The normalized spacial score (nSPS) is 17.7. The molecule has 1 unspecified atom stereocenters. The summed E-state index contributed by atoms with van der Waals surface area (Å²) in [5.74, 6) is 1.94. The van der Waals surface area contributed by atoms with Gasteiger partial charge in [-0.25, -0.2) is 4.98 Å². The highest BCUT2D eigenvalue weighted by molar-refractivity contribution is 6.30. The third kappa shape index (κ3) is 3.08. The molecule has 1 atom stereocenters. The predicted octanol–water partition coefficient (Wildman–Crippen LogP) is 2.47. The van der Waals surface area contributed by atoms with E-state index in [1.165, 1.54) is 0 Å². The molecule has 6 nitrogen and oxygen atoms in total. The number of hydrogen-bond acceptors (Lipinski definition) is 6. The quantitative estimate of drug-likeness (QED) is 0.900. The monoisotopic (exact) mass is 320 g/mol. The Bertz CT molecular complexity index is 650. The second kappa shape index (κ2) is 6.37. The molecule has 1 fully saturated rings. The summed E-state index contributed by atoms with van der Waals surface area (Å²) in [4.78, 5) is 10.3. The van der Waals surface area contributed by atoms with Gasteiger partial charge in [-0.1, -0.05) is 11.6 Å². The molecule has 7 heteroatoms. The fourth-order valence-electron chi connectivity index (χ4n) is 2.59. The van der Waals surface area contributed by atoms with E-state index in [-0.39, 0.29) is 18.6 Å². The van der Waals surface area contributed by atoms with Crippen molar-refractivity contribution >= 4 is 23.4 Å². The second-order valence-corrected chi connectivity index (χ2v) is 5.58. The molecular weight excluding hydrogens is 304 g/mol. The number of nitrogens with zero attached hydrogens (tertiary/aromatic N) is 3. The highest BCUT2D eigenvalue weighted by atomic mass is 35.5. The van der Waals surface area contributed by atoms with Crippen molar-refractivity contribution in [3.8, 4) is 11.5 Å². The molecule has 116 valence electrons. The zero-order chi connectivity index (χ0) is 15.5. The molecule has 1 aliphatic heterocycles. The fraction of sp³-hybridized carbons (Fsp3) is 0.333. The minimum Gasteiger partial charge on any atom is -0.452 e. The van der Waals surface area contributed by atoms with Crippen LogP contribution >= 0.6 is 11.6 Å². The Morgan fingerprint density at radius 1 is 1.36 bits per heavy atom. The van der Waals surface area contributed by atoms with Crippen LogP contribution in [0, 0.1) is 0 Å². The molecule has 2 aromatic rings. The van der Waals surface area contributed by atoms with Crippen LogP contribution in [0.15, 0.2) is 30.5 Å². The van der Waals surface area contributed by atoms with Crippen LogP contribution in [0.5, 0.6) is 11.5 Å². The maximum atomic E-state index is 9.51. The van der Waals surface area contributed by atoms with Crippen molar-refractivity contribution in [2.24, 2.45) is 0 Å². The lowest BCUT2D eigenvalue weighted by atomic mass is 10.2. The summed E-state index contributed by atoms with van der Waals surface area (Å²) in [6.07, 6.45) is 3.47. The van der Waals surface area contributed by atoms with Gasteiger partial charge < -0.3 is 20.5 Å². The minimum atomic E-state index is 0.0295. The summed E-state index contributed by atoms with van der Waals surface area (Å²) in [5, 5.41) is 10.1. The number of benzene rings is 1. The molecule has 1 aromatic heterocycles. The first-order valence-electron chi connectivity index (χ1n) is 7.11. The maximum Gasteiger partial charge on any atom is 0.222 e. The van der Waals surface area contributed by atoms with E-state index < -0.39 is 0 Å². The molecule has 1 aliphatic rings. The zero-order valence-corrected chi connectivity index (χ0v) is 12.7. The lowest BCUT2D eigenvalue weighted by Gasteiger charge is -2.25. The SMILES string of the molecule is Nc1ncc(Oc2ccc(Cl)cc2)c(N2CCCC2CO)n1. The number of aliphatic hydroxyl groups excluding tert-OH is 1. The van der Waals surface area contributed by atoms with E-state index in [2.05, 4.69) is 9.97 Å². The van der Waals surface area contributed by atoms with Gasteiger partial charge in [0.1, 0.15) is 5.75 Å².